The summed E-state index contributed by atoms with van der Waals surface area (Å²) in [5, 5.41) is 7.37. The van der Waals surface area contributed by atoms with Gasteiger partial charge in [0, 0.05) is 38.1 Å². The molecule has 0 fully saturated rings. The largest absolute Gasteiger partial charge is 0.356 e. The Bertz CT molecular complexity index is 867. The van der Waals surface area contributed by atoms with Gasteiger partial charge in [0.15, 0.2) is 5.96 Å². The Morgan fingerprint density at radius 1 is 1.21 bits per heavy atom. The Hall–Kier alpha value is -2.53. The lowest BCUT2D eigenvalue weighted by Gasteiger charge is -2.29. The lowest BCUT2D eigenvalue weighted by Crippen LogP contribution is -2.40. The van der Waals surface area contributed by atoms with Crippen molar-refractivity contribution < 1.29 is 4.79 Å². The lowest BCUT2D eigenvalue weighted by atomic mass is 9.99. The molecule has 2 N–H and O–H groups in total. The highest BCUT2D eigenvalue weighted by Crippen LogP contribution is 2.19. The first-order valence-corrected chi connectivity index (χ1v) is 10.5. The fourth-order valence-electron chi connectivity index (χ4n) is 3.57. The van der Waals surface area contributed by atoms with Gasteiger partial charge in [-0.05, 0) is 48.6 Å². The molecule has 1 amide bonds. The average Bonchev–Trinajstić information content (AvgIpc) is 2.75. The number of nitrogens with zero attached hydrogens (tertiary/aromatic N) is 2. The third-order valence-corrected chi connectivity index (χ3v) is 5.50. The van der Waals surface area contributed by atoms with Crippen LogP contribution in [0.15, 0.2) is 53.5 Å². The highest BCUT2D eigenvalue weighted by atomic mass is 35.5. The van der Waals surface area contributed by atoms with E-state index in [0.29, 0.717) is 13.0 Å². The first-order valence-electron chi connectivity index (χ1n) is 10.1. The molecule has 29 heavy (non-hydrogen) atoms. The van der Waals surface area contributed by atoms with E-state index in [9.17, 15) is 4.79 Å². The summed E-state index contributed by atoms with van der Waals surface area (Å²) in [6.07, 6.45) is 2.25. The Labute approximate surface area is 178 Å². The quantitative estimate of drug-likeness (QED) is 0.429. The van der Waals surface area contributed by atoms with Crippen molar-refractivity contribution in [2.75, 3.05) is 20.1 Å². The van der Waals surface area contributed by atoms with Gasteiger partial charge in [-0.15, -0.1) is 0 Å². The van der Waals surface area contributed by atoms with Gasteiger partial charge in [-0.3, -0.25) is 9.79 Å². The lowest BCUT2D eigenvalue weighted by molar-refractivity contribution is -0.132. The van der Waals surface area contributed by atoms with E-state index in [4.69, 9.17) is 11.6 Å². The van der Waals surface area contributed by atoms with Crippen LogP contribution in [0.2, 0.25) is 5.02 Å². The van der Waals surface area contributed by atoms with Crippen LogP contribution < -0.4 is 10.6 Å². The van der Waals surface area contributed by atoms with Crippen molar-refractivity contribution >= 4 is 23.5 Å². The number of guanidine groups is 1. The third-order valence-electron chi connectivity index (χ3n) is 5.27. The summed E-state index contributed by atoms with van der Waals surface area (Å²) < 4.78 is 0. The number of rotatable bonds is 6. The van der Waals surface area contributed by atoms with Crippen LogP contribution in [0.3, 0.4) is 0 Å². The van der Waals surface area contributed by atoms with E-state index in [1.165, 1.54) is 11.1 Å². The van der Waals surface area contributed by atoms with Crippen LogP contribution in [0.25, 0.3) is 0 Å². The van der Waals surface area contributed by atoms with Crippen LogP contribution in [0.5, 0.6) is 0 Å². The maximum absolute atomic E-state index is 12.6. The van der Waals surface area contributed by atoms with E-state index in [2.05, 4.69) is 40.7 Å². The average molecular weight is 413 g/mol. The van der Waals surface area contributed by atoms with Crippen LogP contribution >= 0.6 is 11.6 Å². The molecule has 0 aliphatic carbocycles. The maximum Gasteiger partial charge on any atom is 0.222 e. The Morgan fingerprint density at radius 2 is 2.00 bits per heavy atom. The third kappa shape index (κ3) is 5.97. The molecule has 0 spiro atoms. The van der Waals surface area contributed by atoms with Gasteiger partial charge in [-0.25, -0.2) is 0 Å². The molecule has 0 saturated heterocycles. The number of hydrogen-bond acceptors (Lipinski definition) is 2. The molecule has 1 aliphatic rings. The highest BCUT2D eigenvalue weighted by molar-refractivity contribution is 6.30. The number of carbonyl (C=O) groups excluding carboxylic acids is 1. The number of hydrogen-bond donors (Lipinski definition) is 2. The second-order valence-electron chi connectivity index (χ2n) is 7.36. The van der Waals surface area contributed by atoms with E-state index in [1.807, 2.05) is 35.2 Å². The molecule has 154 valence electrons. The van der Waals surface area contributed by atoms with Gasteiger partial charge < -0.3 is 15.5 Å². The van der Waals surface area contributed by atoms with Crippen LogP contribution in [0, 0.1) is 0 Å². The number of fused-ring (bicyclic) bond motifs is 1. The monoisotopic (exact) mass is 412 g/mol. The molecule has 0 radical (unpaired) electrons. The summed E-state index contributed by atoms with van der Waals surface area (Å²) in [7, 11) is 1.75. The van der Waals surface area contributed by atoms with Crippen LogP contribution in [0.4, 0.5) is 0 Å². The van der Waals surface area contributed by atoms with Crippen molar-refractivity contribution in [3.63, 3.8) is 0 Å². The fourth-order valence-corrected chi connectivity index (χ4v) is 3.77. The number of halogens is 1. The molecular weight excluding hydrogens is 384 g/mol. The smallest absolute Gasteiger partial charge is 0.222 e. The SMILES string of the molecule is CN=C(NCCCC(=O)N1CCc2ccccc2C1)NC(C)c1cccc(Cl)c1. The molecule has 1 atom stereocenters. The summed E-state index contributed by atoms with van der Waals surface area (Å²) in [5.41, 5.74) is 3.73. The first kappa shape index (κ1) is 21.2. The zero-order valence-electron chi connectivity index (χ0n) is 17.1. The van der Waals surface area contributed by atoms with E-state index in [1.54, 1.807) is 7.05 Å². The molecule has 6 heteroatoms. The molecule has 3 rings (SSSR count). The number of nitrogens with one attached hydrogen (secondary N) is 2. The highest BCUT2D eigenvalue weighted by Gasteiger charge is 2.19. The zero-order valence-corrected chi connectivity index (χ0v) is 17.9. The maximum atomic E-state index is 12.6. The molecular formula is C23H29ClN4O. The number of amides is 1. The zero-order chi connectivity index (χ0) is 20.6. The predicted octanol–water partition coefficient (Wildman–Crippen LogP) is 3.93. The molecule has 1 heterocycles. The van der Waals surface area contributed by atoms with Crippen molar-refractivity contribution in [1.29, 1.82) is 0 Å². The van der Waals surface area contributed by atoms with Crippen molar-refractivity contribution in [1.82, 2.24) is 15.5 Å². The van der Waals surface area contributed by atoms with Gasteiger partial charge in [0.2, 0.25) is 5.91 Å². The minimum Gasteiger partial charge on any atom is -0.356 e. The van der Waals surface area contributed by atoms with Gasteiger partial charge in [0.05, 0.1) is 6.04 Å². The second-order valence-corrected chi connectivity index (χ2v) is 7.79. The molecule has 0 saturated carbocycles. The summed E-state index contributed by atoms with van der Waals surface area (Å²) in [6.45, 7) is 4.29. The Balaban J connectivity index is 1.40. The van der Waals surface area contributed by atoms with Gasteiger partial charge in [0.1, 0.15) is 0 Å². The van der Waals surface area contributed by atoms with Crippen molar-refractivity contribution in [2.45, 2.75) is 38.8 Å². The molecule has 1 unspecified atom stereocenters. The van der Waals surface area contributed by atoms with E-state index in [-0.39, 0.29) is 11.9 Å². The van der Waals surface area contributed by atoms with E-state index < -0.39 is 0 Å². The summed E-state index contributed by atoms with van der Waals surface area (Å²) in [4.78, 5) is 18.8. The van der Waals surface area contributed by atoms with Crippen LogP contribution in [0.1, 0.15) is 42.5 Å². The molecule has 2 aromatic carbocycles. The minimum absolute atomic E-state index is 0.0787. The first-order chi connectivity index (χ1) is 14.1. The predicted molar refractivity (Wildman–Crippen MR) is 119 cm³/mol. The Morgan fingerprint density at radius 3 is 2.76 bits per heavy atom. The fraction of sp³-hybridized carbons (Fsp3) is 0.391. The number of carbonyl (C=O) groups is 1. The normalized spacial score (nSPS) is 14.9. The topological polar surface area (TPSA) is 56.7 Å². The summed E-state index contributed by atoms with van der Waals surface area (Å²) in [5.74, 6) is 0.938. The van der Waals surface area contributed by atoms with Gasteiger partial charge >= 0.3 is 0 Å². The Kier molecular flexibility index (Phi) is 7.53. The van der Waals surface area contributed by atoms with Crippen molar-refractivity contribution in [3.05, 3.63) is 70.2 Å². The second kappa shape index (κ2) is 10.3. The van der Waals surface area contributed by atoms with E-state index in [0.717, 1.165) is 42.5 Å². The molecule has 0 aromatic heterocycles. The summed E-state index contributed by atoms with van der Waals surface area (Å²) >= 11 is 6.07. The van der Waals surface area contributed by atoms with Gasteiger partial charge in [0.25, 0.3) is 0 Å². The number of benzene rings is 2. The molecule has 2 aromatic rings. The molecule has 5 nitrogen and oxygen atoms in total. The van der Waals surface area contributed by atoms with Crippen LogP contribution in [-0.2, 0) is 17.8 Å². The van der Waals surface area contributed by atoms with Crippen molar-refractivity contribution in [3.8, 4) is 0 Å². The van der Waals surface area contributed by atoms with Gasteiger partial charge in [-0.2, -0.15) is 0 Å². The minimum atomic E-state index is 0.0787. The summed E-state index contributed by atoms with van der Waals surface area (Å²) in [6, 6.07) is 16.2. The molecule has 1 aliphatic heterocycles. The number of aliphatic imine (C=N–C) groups is 1. The van der Waals surface area contributed by atoms with Crippen molar-refractivity contribution in [2.24, 2.45) is 4.99 Å². The van der Waals surface area contributed by atoms with Crippen LogP contribution in [-0.4, -0.2) is 36.9 Å². The molecule has 0 bridgehead atoms. The van der Waals surface area contributed by atoms with E-state index >= 15 is 0 Å². The standard InChI is InChI=1S/C23H29ClN4O/c1-17(19-9-5-10-21(24)15-19)27-23(25-2)26-13-6-11-22(29)28-14-12-18-7-3-4-8-20(18)16-28/h3-5,7-10,15,17H,6,11-14,16H2,1-2H3,(H2,25,26,27). The van der Waals surface area contributed by atoms with Gasteiger partial charge in [-0.1, -0.05) is 48.0 Å².